The summed E-state index contributed by atoms with van der Waals surface area (Å²) in [6, 6.07) is 28.7. The summed E-state index contributed by atoms with van der Waals surface area (Å²) in [6.45, 7) is 6.41. The normalized spacial score (nSPS) is 11.5. The van der Waals surface area contributed by atoms with Crippen molar-refractivity contribution in [3.63, 3.8) is 0 Å². The molecule has 3 aromatic rings. The lowest BCUT2D eigenvalue weighted by molar-refractivity contribution is 0.372. The van der Waals surface area contributed by atoms with Crippen molar-refractivity contribution < 1.29 is 13.6 Å². The molecule has 0 aliphatic carbocycles. The van der Waals surface area contributed by atoms with Gasteiger partial charge in [-0.05, 0) is 56.0 Å². The average molecular weight is 397 g/mol. The zero-order valence-electron chi connectivity index (χ0n) is 15.8. The molecule has 0 aliphatic heterocycles. The quantitative estimate of drug-likeness (QED) is 0.318. The molecule has 0 unspecified atom stereocenters. The van der Waals surface area contributed by atoms with Crippen molar-refractivity contribution in [3.8, 4) is 17.2 Å². The van der Waals surface area contributed by atoms with Crippen LogP contribution in [0.5, 0.6) is 17.2 Å². The maximum absolute atomic E-state index is 6.32. The van der Waals surface area contributed by atoms with Crippen LogP contribution in [-0.2, 0) is 0 Å². The van der Waals surface area contributed by atoms with Gasteiger partial charge < -0.3 is 13.6 Å². The summed E-state index contributed by atoms with van der Waals surface area (Å²) < 4.78 is 24.0. The molecule has 0 saturated carbocycles. The lowest BCUT2D eigenvalue weighted by atomic mass is 10.3. The van der Waals surface area contributed by atoms with E-state index in [2.05, 4.69) is 19.6 Å². The third kappa shape index (κ3) is 6.02. The summed E-state index contributed by atoms with van der Waals surface area (Å²) in [5.41, 5.74) is 0. The van der Waals surface area contributed by atoms with Gasteiger partial charge in [0.05, 0.1) is 0 Å². The molecule has 0 spiro atoms. The predicted octanol–water partition coefficient (Wildman–Crippen LogP) is 7.00. The molecule has 0 saturated heterocycles. The molecule has 4 nitrogen and oxygen atoms in total. The summed E-state index contributed by atoms with van der Waals surface area (Å²) >= 11 is 0. The Kier molecular flexibility index (Phi) is 6.04. The summed E-state index contributed by atoms with van der Waals surface area (Å²) in [7, 11) is -5.05. The third-order valence-corrected chi connectivity index (χ3v) is 8.02. The van der Waals surface area contributed by atoms with E-state index in [1.807, 2.05) is 91.0 Å². The van der Waals surface area contributed by atoms with Gasteiger partial charge in [-0.2, -0.15) is 0 Å². The Morgan fingerprint density at radius 3 is 1.11 bits per heavy atom. The Balaban J connectivity index is 2.09. The molecule has 0 N–H and O–H groups in total. The molecule has 0 atom stereocenters. The number of hydrogen-bond acceptors (Lipinski definition) is 4. The highest BCUT2D eigenvalue weighted by molar-refractivity contribution is 7.54. The van der Waals surface area contributed by atoms with E-state index in [0.29, 0.717) is 17.2 Å². The minimum Gasteiger partial charge on any atom is -0.402 e. The predicted molar refractivity (Wildman–Crippen MR) is 114 cm³/mol. The first-order valence-electron chi connectivity index (χ1n) is 8.82. The number of para-hydroxylation sites is 3. The summed E-state index contributed by atoms with van der Waals surface area (Å²) in [6.07, 6.45) is 0. The first-order valence-corrected chi connectivity index (χ1v) is 13.8. The van der Waals surface area contributed by atoms with Gasteiger partial charge in [0.25, 0.3) is 0 Å². The fourth-order valence-electron chi connectivity index (χ4n) is 2.33. The Labute approximate surface area is 162 Å². The van der Waals surface area contributed by atoms with Gasteiger partial charge in [0.2, 0.25) is 0 Å². The van der Waals surface area contributed by atoms with Gasteiger partial charge in [0, 0.05) is 0 Å². The number of rotatable bonds is 7. The first kappa shape index (κ1) is 19.3. The van der Waals surface area contributed by atoms with Crippen LogP contribution in [0.4, 0.5) is 0 Å². The van der Waals surface area contributed by atoms with Crippen LogP contribution in [0, 0.1) is 0 Å². The van der Waals surface area contributed by atoms with Crippen LogP contribution in [0.1, 0.15) is 0 Å². The molecular formula is C21H24NO3PSi. The lowest BCUT2D eigenvalue weighted by Gasteiger charge is -2.27. The van der Waals surface area contributed by atoms with Crippen LogP contribution in [0.25, 0.3) is 0 Å². The van der Waals surface area contributed by atoms with E-state index >= 15 is 0 Å². The molecule has 6 heteroatoms. The van der Waals surface area contributed by atoms with E-state index < -0.39 is 16.0 Å². The number of benzene rings is 3. The van der Waals surface area contributed by atoms with Crippen molar-refractivity contribution >= 4 is 16.0 Å². The first-order chi connectivity index (χ1) is 12.9. The molecule has 140 valence electrons. The molecule has 0 fully saturated rings. The molecule has 0 bridgehead atoms. The van der Waals surface area contributed by atoms with Crippen LogP contribution in [0.15, 0.2) is 95.4 Å². The van der Waals surface area contributed by atoms with Gasteiger partial charge in [0.15, 0.2) is 8.24 Å². The average Bonchev–Trinajstić information content (AvgIpc) is 2.62. The van der Waals surface area contributed by atoms with Crippen molar-refractivity contribution in [2.24, 2.45) is 4.41 Å². The molecular weight excluding hydrogens is 373 g/mol. The topological polar surface area (TPSA) is 40.0 Å². The third-order valence-electron chi connectivity index (χ3n) is 3.31. The largest absolute Gasteiger partial charge is 0.514 e. The maximum Gasteiger partial charge on any atom is 0.514 e. The van der Waals surface area contributed by atoms with Crippen molar-refractivity contribution in [1.82, 2.24) is 0 Å². The van der Waals surface area contributed by atoms with Gasteiger partial charge in [-0.1, -0.05) is 54.6 Å². The van der Waals surface area contributed by atoms with Gasteiger partial charge in [-0.15, -0.1) is 0 Å². The molecule has 0 heterocycles. The van der Waals surface area contributed by atoms with Crippen molar-refractivity contribution in [2.75, 3.05) is 0 Å². The Morgan fingerprint density at radius 2 is 0.852 bits per heavy atom. The van der Waals surface area contributed by atoms with E-state index in [9.17, 15) is 0 Å². The van der Waals surface area contributed by atoms with Crippen molar-refractivity contribution in [3.05, 3.63) is 91.0 Å². The smallest absolute Gasteiger partial charge is 0.402 e. The number of hydrogen-bond donors (Lipinski definition) is 0. The molecule has 0 radical (unpaired) electrons. The van der Waals surface area contributed by atoms with E-state index in [1.54, 1.807) is 0 Å². The van der Waals surface area contributed by atoms with Crippen molar-refractivity contribution in [1.29, 1.82) is 0 Å². The Morgan fingerprint density at radius 1 is 0.556 bits per heavy atom. The Hall–Kier alpha value is -2.49. The van der Waals surface area contributed by atoms with Crippen LogP contribution in [0.3, 0.4) is 0 Å². The molecule has 0 aliphatic rings. The summed E-state index contributed by atoms with van der Waals surface area (Å²) in [5.74, 6) is 2.00. The molecule has 0 aromatic heterocycles. The van der Waals surface area contributed by atoms with Crippen LogP contribution in [0.2, 0.25) is 19.6 Å². The van der Waals surface area contributed by atoms with Crippen LogP contribution >= 0.6 is 7.74 Å². The van der Waals surface area contributed by atoms with Gasteiger partial charge in [0.1, 0.15) is 17.2 Å². The fraction of sp³-hybridized carbons (Fsp3) is 0.143. The molecule has 0 amide bonds. The molecule has 3 rings (SSSR count). The van der Waals surface area contributed by atoms with Gasteiger partial charge in [-0.25, -0.2) is 4.41 Å². The summed E-state index contributed by atoms with van der Waals surface area (Å²) in [5, 5.41) is 0. The zero-order valence-corrected chi connectivity index (χ0v) is 17.7. The fourth-order valence-corrected chi connectivity index (χ4v) is 7.03. The second-order valence-corrected chi connectivity index (χ2v) is 13.6. The van der Waals surface area contributed by atoms with Crippen molar-refractivity contribution in [2.45, 2.75) is 19.6 Å². The van der Waals surface area contributed by atoms with E-state index in [-0.39, 0.29) is 0 Å². The highest BCUT2D eigenvalue weighted by Crippen LogP contribution is 2.54. The molecule has 27 heavy (non-hydrogen) atoms. The Bertz CT molecular complexity index is 789. The standard InChI is InChI=1S/C21H24NO3PSi/c1-27(2,3)22-26(23-19-13-7-4-8-14-19,24-20-15-9-5-10-16-20)25-21-17-11-6-12-18-21/h4-18H,1-3H3. The second kappa shape index (κ2) is 8.46. The minimum absolute atomic E-state index is 0.666. The van der Waals surface area contributed by atoms with Crippen LogP contribution < -0.4 is 13.6 Å². The van der Waals surface area contributed by atoms with E-state index in [1.165, 1.54) is 0 Å². The highest BCUT2D eigenvalue weighted by atomic mass is 31.2. The summed E-state index contributed by atoms with van der Waals surface area (Å²) in [4.78, 5) is 0. The number of nitrogens with zero attached hydrogens (tertiary/aromatic N) is 1. The van der Waals surface area contributed by atoms with E-state index in [0.717, 1.165) is 0 Å². The lowest BCUT2D eigenvalue weighted by Crippen LogP contribution is -2.20. The highest BCUT2D eigenvalue weighted by Gasteiger charge is 2.33. The zero-order chi connectivity index (χ0) is 19.2. The second-order valence-electron chi connectivity index (χ2n) is 6.95. The van der Waals surface area contributed by atoms with Gasteiger partial charge in [-0.3, -0.25) is 0 Å². The van der Waals surface area contributed by atoms with Crippen LogP contribution in [-0.4, -0.2) is 8.24 Å². The molecule has 3 aromatic carbocycles. The maximum atomic E-state index is 6.32. The SMILES string of the molecule is C[Si](C)(C)N=P(Oc1ccccc1)(Oc1ccccc1)Oc1ccccc1. The monoisotopic (exact) mass is 397 g/mol. The van der Waals surface area contributed by atoms with E-state index in [4.69, 9.17) is 18.0 Å². The minimum atomic E-state index is -3.10. The van der Waals surface area contributed by atoms with Gasteiger partial charge >= 0.3 is 7.74 Å².